The molecule has 76 valence electrons. The van der Waals surface area contributed by atoms with Crippen molar-refractivity contribution in [3.05, 3.63) is 48.4 Å². The lowest BCUT2D eigenvalue weighted by Crippen LogP contribution is -1.97. The maximum atomic E-state index is 4.53. The summed E-state index contributed by atoms with van der Waals surface area (Å²) in [6.45, 7) is 4.20. The zero-order valence-corrected chi connectivity index (χ0v) is 9.01. The molecule has 0 saturated carbocycles. The van der Waals surface area contributed by atoms with Gasteiger partial charge in [0, 0.05) is 17.7 Å². The normalized spacial score (nSPS) is 10.6. The minimum absolute atomic E-state index is 0.369. The minimum Gasteiger partial charge on any atom is -0.241 e. The Hall–Kier alpha value is -1.70. The second-order valence-electron chi connectivity index (χ2n) is 3.82. The van der Waals surface area contributed by atoms with Crippen LogP contribution in [0.4, 0.5) is 0 Å². The van der Waals surface area contributed by atoms with Gasteiger partial charge in [0.25, 0.3) is 0 Å². The third kappa shape index (κ3) is 2.21. The predicted octanol–water partition coefficient (Wildman–Crippen LogP) is 3.27. The third-order valence-electron chi connectivity index (χ3n) is 2.26. The Morgan fingerprint density at radius 3 is 2.40 bits per heavy atom. The van der Waals surface area contributed by atoms with Crippen LogP contribution in [0.2, 0.25) is 0 Å². The minimum atomic E-state index is 0.369. The summed E-state index contributed by atoms with van der Waals surface area (Å²) >= 11 is 0. The Labute approximate surface area is 90.0 Å². The molecule has 0 saturated heterocycles. The lowest BCUT2D eigenvalue weighted by molar-refractivity contribution is 0.776. The van der Waals surface area contributed by atoms with E-state index in [0.29, 0.717) is 5.92 Å². The molecule has 0 amide bonds. The lowest BCUT2D eigenvalue weighted by atomic mass is 10.1. The Morgan fingerprint density at radius 2 is 1.73 bits per heavy atom. The van der Waals surface area contributed by atoms with Crippen LogP contribution in [0.15, 0.2) is 42.6 Å². The zero-order chi connectivity index (χ0) is 10.7. The van der Waals surface area contributed by atoms with Gasteiger partial charge in [0.1, 0.15) is 5.82 Å². The van der Waals surface area contributed by atoms with E-state index in [9.17, 15) is 0 Å². The Kier molecular flexibility index (Phi) is 2.77. The van der Waals surface area contributed by atoms with Crippen molar-refractivity contribution >= 4 is 0 Å². The van der Waals surface area contributed by atoms with Gasteiger partial charge in [-0.3, -0.25) is 0 Å². The molecule has 2 rings (SSSR count). The smallest absolute Gasteiger partial charge is 0.131 e. The predicted molar refractivity (Wildman–Crippen MR) is 61.6 cm³/mol. The number of rotatable bonds is 2. The fourth-order valence-corrected chi connectivity index (χ4v) is 1.42. The maximum absolute atomic E-state index is 4.53. The first-order chi connectivity index (χ1) is 7.27. The van der Waals surface area contributed by atoms with E-state index in [1.165, 1.54) is 0 Å². The van der Waals surface area contributed by atoms with Crippen molar-refractivity contribution in [1.82, 2.24) is 9.97 Å². The van der Waals surface area contributed by atoms with E-state index in [2.05, 4.69) is 35.9 Å². The average molecular weight is 198 g/mol. The quantitative estimate of drug-likeness (QED) is 0.740. The Morgan fingerprint density at radius 1 is 1.00 bits per heavy atom. The molecule has 0 atom stereocenters. The van der Waals surface area contributed by atoms with Crippen molar-refractivity contribution in [2.24, 2.45) is 0 Å². The van der Waals surface area contributed by atoms with E-state index < -0.39 is 0 Å². The summed E-state index contributed by atoms with van der Waals surface area (Å²) in [6.07, 6.45) is 1.82. The molecule has 0 bridgehead atoms. The molecule has 0 fully saturated rings. The highest BCUT2D eigenvalue weighted by Crippen LogP contribution is 2.17. The van der Waals surface area contributed by atoms with Gasteiger partial charge in [0.15, 0.2) is 0 Å². The van der Waals surface area contributed by atoms with E-state index in [1.807, 2.05) is 30.5 Å². The zero-order valence-electron chi connectivity index (χ0n) is 9.01. The Bertz CT molecular complexity index is 435. The van der Waals surface area contributed by atoms with Crippen LogP contribution in [-0.2, 0) is 0 Å². The van der Waals surface area contributed by atoms with Gasteiger partial charge >= 0.3 is 0 Å². The molecule has 1 aromatic carbocycles. The lowest BCUT2D eigenvalue weighted by Gasteiger charge is -2.05. The number of aromatic nitrogens is 2. The summed E-state index contributed by atoms with van der Waals surface area (Å²) in [4.78, 5) is 8.78. The van der Waals surface area contributed by atoms with Crippen LogP contribution in [0, 0.1) is 0 Å². The van der Waals surface area contributed by atoms with Crippen molar-refractivity contribution in [2.45, 2.75) is 19.8 Å². The highest BCUT2D eigenvalue weighted by molar-refractivity contribution is 5.58. The SMILES string of the molecule is CC(C)c1nccc(-c2ccccc2)n1. The molecular formula is C13H14N2. The van der Waals surface area contributed by atoms with Gasteiger partial charge in [-0.25, -0.2) is 9.97 Å². The van der Waals surface area contributed by atoms with E-state index in [4.69, 9.17) is 0 Å². The molecule has 2 aromatic rings. The molecule has 1 aromatic heterocycles. The molecule has 1 heterocycles. The first kappa shape index (κ1) is 9.84. The molecule has 0 aliphatic heterocycles. The second-order valence-corrected chi connectivity index (χ2v) is 3.82. The molecule has 2 heteroatoms. The molecule has 0 spiro atoms. The molecule has 0 radical (unpaired) electrons. The highest BCUT2D eigenvalue weighted by Gasteiger charge is 2.04. The largest absolute Gasteiger partial charge is 0.241 e. The van der Waals surface area contributed by atoms with Crippen molar-refractivity contribution in [1.29, 1.82) is 0 Å². The molecule has 0 unspecified atom stereocenters. The maximum Gasteiger partial charge on any atom is 0.131 e. The van der Waals surface area contributed by atoms with E-state index >= 15 is 0 Å². The van der Waals surface area contributed by atoms with Crippen LogP contribution >= 0.6 is 0 Å². The van der Waals surface area contributed by atoms with Crippen LogP contribution in [0.25, 0.3) is 11.3 Å². The number of hydrogen-bond donors (Lipinski definition) is 0. The van der Waals surface area contributed by atoms with Crippen LogP contribution in [0.5, 0.6) is 0 Å². The summed E-state index contributed by atoms with van der Waals surface area (Å²) in [6, 6.07) is 12.1. The molecule has 15 heavy (non-hydrogen) atoms. The summed E-state index contributed by atoms with van der Waals surface area (Å²) in [5, 5.41) is 0. The first-order valence-electron chi connectivity index (χ1n) is 5.16. The Balaban J connectivity index is 2.42. The van der Waals surface area contributed by atoms with Crippen molar-refractivity contribution in [3.63, 3.8) is 0 Å². The van der Waals surface area contributed by atoms with Gasteiger partial charge in [-0.2, -0.15) is 0 Å². The molecule has 0 aliphatic carbocycles. The summed E-state index contributed by atoms with van der Waals surface area (Å²) in [5.74, 6) is 1.27. The standard InChI is InChI=1S/C13H14N2/c1-10(2)13-14-9-8-12(15-13)11-6-4-3-5-7-11/h3-10H,1-2H3. The van der Waals surface area contributed by atoms with Crippen LogP contribution in [0.1, 0.15) is 25.6 Å². The van der Waals surface area contributed by atoms with Crippen molar-refractivity contribution in [2.75, 3.05) is 0 Å². The van der Waals surface area contributed by atoms with Gasteiger partial charge in [-0.15, -0.1) is 0 Å². The average Bonchev–Trinajstić information content (AvgIpc) is 2.30. The van der Waals surface area contributed by atoms with Crippen molar-refractivity contribution < 1.29 is 0 Å². The topological polar surface area (TPSA) is 25.8 Å². The van der Waals surface area contributed by atoms with E-state index in [0.717, 1.165) is 17.1 Å². The molecule has 2 nitrogen and oxygen atoms in total. The molecular weight excluding hydrogens is 184 g/mol. The van der Waals surface area contributed by atoms with Gasteiger partial charge in [0.2, 0.25) is 0 Å². The van der Waals surface area contributed by atoms with Crippen molar-refractivity contribution in [3.8, 4) is 11.3 Å². The number of hydrogen-bond acceptors (Lipinski definition) is 2. The van der Waals surface area contributed by atoms with Gasteiger partial charge in [0.05, 0.1) is 5.69 Å². The van der Waals surface area contributed by atoms with Gasteiger partial charge in [-0.1, -0.05) is 44.2 Å². The first-order valence-corrected chi connectivity index (χ1v) is 5.16. The summed E-state index contributed by atoms with van der Waals surface area (Å²) in [5.41, 5.74) is 2.14. The fraction of sp³-hybridized carbons (Fsp3) is 0.231. The van der Waals surface area contributed by atoms with E-state index in [-0.39, 0.29) is 0 Å². The van der Waals surface area contributed by atoms with Gasteiger partial charge < -0.3 is 0 Å². The van der Waals surface area contributed by atoms with Gasteiger partial charge in [-0.05, 0) is 6.07 Å². The summed E-state index contributed by atoms with van der Waals surface area (Å²) in [7, 11) is 0. The number of nitrogens with zero attached hydrogens (tertiary/aromatic N) is 2. The van der Waals surface area contributed by atoms with Crippen LogP contribution in [-0.4, -0.2) is 9.97 Å². The monoisotopic (exact) mass is 198 g/mol. The fourth-order valence-electron chi connectivity index (χ4n) is 1.42. The third-order valence-corrected chi connectivity index (χ3v) is 2.26. The summed E-state index contributed by atoms with van der Waals surface area (Å²) < 4.78 is 0. The van der Waals surface area contributed by atoms with Crippen LogP contribution in [0.3, 0.4) is 0 Å². The second kappa shape index (κ2) is 4.22. The molecule has 0 aliphatic rings. The van der Waals surface area contributed by atoms with E-state index in [1.54, 1.807) is 0 Å². The van der Waals surface area contributed by atoms with Crippen LogP contribution < -0.4 is 0 Å². The molecule has 0 N–H and O–H groups in total. The highest BCUT2D eigenvalue weighted by atomic mass is 14.9. The number of benzene rings is 1.